The lowest BCUT2D eigenvalue weighted by molar-refractivity contribution is -0.121. The molecule has 154 valence electrons. The number of carbonyl (C=O) groups is 3. The van der Waals surface area contributed by atoms with E-state index in [2.05, 4.69) is 20.9 Å². The van der Waals surface area contributed by atoms with Crippen LogP contribution in [0.15, 0.2) is 41.1 Å². The highest BCUT2D eigenvalue weighted by Gasteiger charge is 2.15. The molecule has 0 radical (unpaired) electrons. The first kappa shape index (κ1) is 20.9. The summed E-state index contributed by atoms with van der Waals surface area (Å²) in [5.74, 6) is -0.784. The summed E-state index contributed by atoms with van der Waals surface area (Å²) < 4.78 is 0. The lowest BCUT2D eigenvalue weighted by atomic mass is 10.2. The van der Waals surface area contributed by atoms with Crippen molar-refractivity contribution >= 4 is 40.4 Å². The van der Waals surface area contributed by atoms with Gasteiger partial charge in [-0.05, 0) is 49.4 Å². The van der Waals surface area contributed by atoms with E-state index in [4.69, 9.17) is 0 Å². The van der Waals surface area contributed by atoms with Crippen LogP contribution in [0.1, 0.15) is 36.5 Å². The Kier molecular flexibility index (Phi) is 7.24. The molecule has 1 unspecified atom stereocenters. The van der Waals surface area contributed by atoms with Crippen molar-refractivity contribution in [3.8, 4) is 0 Å². The Labute approximate surface area is 174 Å². The maximum absolute atomic E-state index is 12.3. The van der Waals surface area contributed by atoms with Gasteiger partial charge in [-0.1, -0.05) is 6.07 Å². The number of rotatable bonds is 8. The minimum absolute atomic E-state index is 0.126. The van der Waals surface area contributed by atoms with Gasteiger partial charge in [0.2, 0.25) is 11.8 Å². The van der Waals surface area contributed by atoms with Gasteiger partial charge in [0.15, 0.2) is 0 Å². The first-order valence-electron chi connectivity index (χ1n) is 9.76. The molecule has 0 spiro atoms. The largest absolute Gasteiger partial charge is 0.371 e. The highest BCUT2D eigenvalue weighted by atomic mass is 32.1. The van der Waals surface area contributed by atoms with Crippen molar-refractivity contribution in [3.63, 3.8) is 0 Å². The molecular weight excluding hydrogens is 388 g/mol. The topological polar surface area (TPSA) is 90.5 Å². The molecule has 0 bridgehead atoms. The van der Waals surface area contributed by atoms with E-state index in [1.165, 1.54) is 24.2 Å². The monoisotopic (exact) mass is 414 g/mol. The van der Waals surface area contributed by atoms with E-state index in [9.17, 15) is 14.4 Å². The molecule has 3 amide bonds. The number of hydrogen-bond donors (Lipinski definition) is 3. The fraction of sp³-hybridized carbons (Fsp3) is 0.381. The fourth-order valence-electron chi connectivity index (χ4n) is 3.28. The zero-order valence-corrected chi connectivity index (χ0v) is 17.3. The second-order valence-electron chi connectivity index (χ2n) is 7.16. The number of benzene rings is 1. The van der Waals surface area contributed by atoms with Crippen molar-refractivity contribution in [1.29, 1.82) is 0 Å². The van der Waals surface area contributed by atoms with Crippen LogP contribution in [-0.4, -0.2) is 43.4 Å². The van der Waals surface area contributed by atoms with Crippen LogP contribution in [0.2, 0.25) is 0 Å². The van der Waals surface area contributed by atoms with Gasteiger partial charge in [-0.2, -0.15) is 11.3 Å². The number of hydrogen-bond acceptors (Lipinski definition) is 5. The van der Waals surface area contributed by atoms with E-state index in [1.54, 1.807) is 23.8 Å². The van der Waals surface area contributed by atoms with E-state index in [-0.39, 0.29) is 36.7 Å². The van der Waals surface area contributed by atoms with Gasteiger partial charge < -0.3 is 20.9 Å². The summed E-state index contributed by atoms with van der Waals surface area (Å²) in [5, 5.41) is 11.7. The zero-order chi connectivity index (χ0) is 20.6. The number of anilines is 2. The van der Waals surface area contributed by atoms with E-state index >= 15 is 0 Å². The molecule has 2 heterocycles. The molecule has 3 rings (SSSR count). The molecule has 1 fully saturated rings. The maximum Gasteiger partial charge on any atom is 0.252 e. The Morgan fingerprint density at radius 3 is 2.66 bits per heavy atom. The van der Waals surface area contributed by atoms with Crippen LogP contribution in [0.3, 0.4) is 0 Å². The first-order valence-corrected chi connectivity index (χ1v) is 10.7. The molecule has 0 saturated carbocycles. The van der Waals surface area contributed by atoms with Crippen LogP contribution < -0.4 is 20.9 Å². The molecule has 8 heteroatoms. The Hall–Kier alpha value is -2.87. The Morgan fingerprint density at radius 2 is 1.93 bits per heavy atom. The number of thiophene rings is 1. The summed E-state index contributed by atoms with van der Waals surface area (Å²) in [6, 6.07) is 9.18. The summed E-state index contributed by atoms with van der Waals surface area (Å²) in [4.78, 5) is 38.5. The van der Waals surface area contributed by atoms with Crippen molar-refractivity contribution in [3.05, 3.63) is 46.7 Å². The third kappa shape index (κ3) is 6.32. The molecule has 29 heavy (non-hydrogen) atoms. The van der Waals surface area contributed by atoms with Gasteiger partial charge in [-0.3, -0.25) is 14.4 Å². The van der Waals surface area contributed by atoms with Gasteiger partial charge in [-0.25, -0.2) is 0 Å². The Morgan fingerprint density at radius 1 is 1.14 bits per heavy atom. The third-order valence-corrected chi connectivity index (χ3v) is 5.38. The summed E-state index contributed by atoms with van der Waals surface area (Å²) in [6.07, 6.45) is 2.54. The summed E-state index contributed by atoms with van der Waals surface area (Å²) in [7, 11) is 0. The van der Waals surface area contributed by atoms with Gasteiger partial charge in [-0.15, -0.1) is 0 Å². The lowest BCUT2D eigenvalue weighted by Crippen LogP contribution is -2.42. The van der Waals surface area contributed by atoms with E-state index < -0.39 is 0 Å². The minimum atomic E-state index is -0.345. The summed E-state index contributed by atoms with van der Waals surface area (Å²) in [6.45, 7) is 3.73. The quantitative estimate of drug-likeness (QED) is 0.619. The Bertz CT molecular complexity index is 847. The molecule has 2 aromatic rings. The summed E-state index contributed by atoms with van der Waals surface area (Å²) >= 11 is 1.42. The normalized spacial score (nSPS) is 14.3. The molecule has 0 aliphatic carbocycles. The average Bonchev–Trinajstić information content (AvgIpc) is 3.39. The Balaban J connectivity index is 1.41. The van der Waals surface area contributed by atoms with Crippen molar-refractivity contribution in [2.75, 3.05) is 29.9 Å². The van der Waals surface area contributed by atoms with E-state index in [0.717, 1.165) is 24.5 Å². The van der Waals surface area contributed by atoms with Crippen LogP contribution in [0.25, 0.3) is 0 Å². The highest BCUT2D eigenvalue weighted by Crippen LogP contribution is 2.23. The van der Waals surface area contributed by atoms with Gasteiger partial charge in [0.25, 0.3) is 5.91 Å². The average molecular weight is 415 g/mol. The number of carbonyl (C=O) groups excluding carboxylic acids is 3. The fourth-order valence-corrected chi connectivity index (χ4v) is 3.91. The number of nitrogens with zero attached hydrogens (tertiary/aromatic N) is 1. The van der Waals surface area contributed by atoms with Gasteiger partial charge in [0.1, 0.15) is 0 Å². The highest BCUT2D eigenvalue weighted by molar-refractivity contribution is 7.08. The second-order valence-corrected chi connectivity index (χ2v) is 7.94. The molecule has 1 atom stereocenters. The van der Waals surface area contributed by atoms with Gasteiger partial charge in [0.05, 0.1) is 6.54 Å². The number of nitrogens with one attached hydrogen (secondary N) is 3. The van der Waals surface area contributed by atoms with Crippen LogP contribution in [0.5, 0.6) is 0 Å². The van der Waals surface area contributed by atoms with Crippen molar-refractivity contribution < 1.29 is 14.4 Å². The van der Waals surface area contributed by atoms with Crippen LogP contribution in [0, 0.1) is 0 Å². The standard InChI is InChI=1S/C21H26N4O3S/c1-15(23-20(27)13-22-21(28)16-7-10-29-14-16)11-19(26)24-17-5-4-6-18(12-17)25-8-2-3-9-25/h4-7,10,12,14-15H,2-3,8-9,11,13H2,1H3,(H,22,28)(H,23,27)(H,24,26). The van der Waals surface area contributed by atoms with Crippen molar-refractivity contribution in [2.45, 2.75) is 32.2 Å². The predicted octanol–water partition coefficient (Wildman–Crippen LogP) is 2.61. The molecule has 3 N–H and O–H groups in total. The predicted molar refractivity (Wildman–Crippen MR) is 115 cm³/mol. The van der Waals surface area contributed by atoms with Crippen LogP contribution in [0.4, 0.5) is 11.4 Å². The molecule has 1 aromatic heterocycles. The van der Waals surface area contributed by atoms with Gasteiger partial charge >= 0.3 is 0 Å². The van der Waals surface area contributed by atoms with Crippen molar-refractivity contribution in [1.82, 2.24) is 10.6 Å². The van der Waals surface area contributed by atoms with Gasteiger partial charge in [0, 0.05) is 47.9 Å². The smallest absolute Gasteiger partial charge is 0.252 e. The SMILES string of the molecule is CC(CC(=O)Nc1cccc(N2CCCC2)c1)NC(=O)CNC(=O)c1ccsc1. The lowest BCUT2D eigenvalue weighted by Gasteiger charge is -2.19. The molecule has 7 nitrogen and oxygen atoms in total. The molecule has 1 aliphatic rings. The van der Waals surface area contributed by atoms with E-state index in [0.29, 0.717) is 5.56 Å². The molecule has 1 aromatic carbocycles. The molecular formula is C21H26N4O3S. The third-order valence-electron chi connectivity index (χ3n) is 4.69. The van der Waals surface area contributed by atoms with Crippen molar-refractivity contribution in [2.24, 2.45) is 0 Å². The molecule has 1 aliphatic heterocycles. The zero-order valence-electron chi connectivity index (χ0n) is 16.4. The summed E-state index contributed by atoms with van der Waals surface area (Å²) in [5.41, 5.74) is 2.40. The van der Waals surface area contributed by atoms with Crippen LogP contribution >= 0.6 is 11.3 Å². The second kappa shape index (κ2) is 10.1. The van der Waals surface area contributed by atoms with E-state index in [1.807, 2.05) is 24.3 Å². The molecule has 1 saturated heterocycles. The van der Waals surface area contributed by atoms with Crippen LogP contribution in [-0.2, 0) is 9.59 Å². The number of amides is 3. The minimum Gasteiger partial charge on any atom is -0.371 e. The first-order chi connectivity index (χ1) is 14.0. The maximum atomic E-state index is 12.3.